The van der Waals surface area contributed by atoms with E-state index in [9.17, 15) is 0 Å². The molecule has 21 heavy (non-hydrogen) atoms. The SMILES string of the molecule is Cc1ccc(NC(=S)NCc2ccc(Cl)cc2Cl)c(C)c1. The third kappa shape index (κ3) is 4.60. The number of halogens is 2. The molecule has 2 aromatic carbocycles. The van der Waals surface area contributed by atoms with Crippen molar-refractivity contribution in [3.63, 3.8) is 0 Å². The van der Waals surface area contributed by atoms with Gasteiger partial charge in [-0.25, -0.2) is 0 Å². The van der Waals surface area contributed by atoms with Crippen molar-refractivity contribution in [2.24, 2.45) is 0 Å². The molecule has 2 rings (SSSR count). The maximum Gasteiger partial charge on any atom is 0.171 e. The summed E-state index contributed by atoms with van der Waals surface area (Å²) in [6.45, 7) is 4.66. The normalized spacial score (nSPS) is 10.3. The summed E-state index contributed by atoms with van der Waals surface area (Å²) >= 11 is 17.3. The maximum absolute atomic E-state index is 6.13. The van der Waals surface area contributed by atoms with Crippen LogP contribution in [0.3, 0.4) is 0 Å². The van der Waals surface area contributed by atoms with E-state index in [1.165, 1.54) is 5.56 Å². The number of hydrogen-bond donors (Lipinski definition) is 2. The number of anilines is 1. The number of benzene rings is 2. The van der Waals surface area contributed by atoms with E-state index in [1.807, 2.05) is 31.2 Å². The Morgan fingerprint density at radius 2 is 1.86 bits per heavy atom. The van der Waals surface area contributed by atoms with E-state index < -0.39 is 0 Å². The van der Waals surface area contributed by atoms with Gasteiger partial charge in [0, 0.05) is 22.3 Å². The molecule has 0 fully saturated rings. The van der Waals surface area contributed by atoms with Gasteiger partial charge in [-0.15, -0.1) is 0 Å². The van der Waals surface area contributed by atoms with Crippen LogP contribution in [-0.4, -0.2) is 5.11 Å². The summed E-state index contributed by atoms with van der Waals surface area (Å²) in [5.41, 5.74) is 4.33. The average molecular weight is 339 g/mol. The molecule has 0 saturated heterocycles. The highest BCUT2D eigenvalue weighted by Gasteiger charge is 2.04. The van der Waals surface area contributed by atoms with Crippen LogP contribution < -0.4 is 10.6 Å². The smallest absolute Gasteiger partial charge is 0.171 e. The van der Waals surface area contributed by atoms with Crippen molar-refractivity contribution in [1.82, 2.24) is 5.32 Å². The molecule has 2 aromatic rings. The van der Waals surface area contributed by atoms with Crippen LogP contribution in [0, 0.1) is 13.8 Å². The quantitative estimate of drug-likeness (QED) is 0.761. The zero-order valence-corrected chi connectivity index (χ0v) is 14.2. The minimum Gasteiger partial charge on any atom is -0.358 e. The lowest BCUT2D eigenvalue weighted by Crippen LogP contribution is -2.28. The second kappa shape index (κ2) is 7.12. The Labute approximate surface area is 140 Å². The van der Waals surface area contributed by atoms with E-state index in [-0.39, 0.29) is 0 Å². The van der Waals surface area contributed by atoms with Crippen LogP contribution in [0.2, 0.25) is 10.0 Å². The van der Waals surface area contributed by atoms with E-state index in [1.54, 1.807) is 6.07 Å². The van der Waals surface area contributed by atoms with Gasteiger partial charge in [0.1, 0.15) is 0 Å². The van der Waals surface area contributed by atoms with Crippen molar-refractivity contribution in [3.8, 4) is 0 Å². The second-order valence-corrected chi connectivity index (χ2v) is 6.11. The van der Waals surface area contributed by atoms with Crippen molar-refractivity contribution < 1.29 is 0 Å². The molecule has 0 heterocycles. The maximum atomic E-state index is 6.13. The van der Waals surface area contributed by atoms with Crippen molar-refractivity contribution in [2.75, 3.05) is 5.32 Å². The Morgan fingerprint density at radius 3 is 2.52 bits per heavy atom. The largest absolute Gasteiger partial charge is 0.358 e. The first-order valence-corrected chi connectivity index (χ1v) is 7.68. The zero-order valence-electron chi connectivity index (χ0n) is 11.8. The van der Waals surface area contributed by atoms with Crippen LogP contribution in [-0.2, 0) is 6.54 Å². The van der Waals surface area contributed by atoms with Crippen molar-refractivity contribution >= 4 is 46.2 Å². The summed E-state index contributed by atoms with van der Waals surface area (Å²) in [5.74, 6) is 0. The molecular weight excluding hydrogens is 323 g/mol. The number of nitrogens with one attached hydrogen (secondary N) is 2. The highest BCUT2D eigenvalue weighted by molar-refractivity contribution is 7.80. The average Bonchev–Trinajstić information content (AvgIpc) is 2.41. The van der Waals surface area contributed by atoms with Gasteiger partial charge < -0.3 is 10.6 Å². The molecule has 0 bridgehead atoms. The molecule has 2 nitrogen and oxygen atoms in total. The molecule has 0 radical (unpaired) electrons. The molecule has 0 aliphatic rings. The summed E-state index contributed by atoms with van der Waals surface area (Å²) in [6, 6.07) is 11.6. The first kappa shape index (κ1) is 16.1. The molecule has 0 unspecified atom stereocenters. The van der Waals surface area contributed by atoms with Gasteiger partial charge in [-0.05, 0) is 55.4 Å². The summed E-state index contributed by atoms with van der Waals surface area (Å²) in [5, 5.41) is 8.15. The van der Waals surface area contributed by atoms with Gasteiger partial charge in [0.25, 0.3) is 0 Å². The number of hydrogen-bond acceptors (Lipinski definition) is 1. The first-order chi connectivity index (χ1) is 9.95. The molecule has 0 amide bonds. The number of rotatable bonds is 3. The summed E-state index contributed by atoms with van der Waals surface area (Å²) in [7, 11) is 0. The lowest BCUT2D eigenvalue weighted by molar-refractivity contribution is 0.926. The van der Waals surface area contributed by atoms with E-state index in [0.717, 1.165) is 16.8 Å². The molecular formula is C16H16Cl2N2S. The van der Waals surface area contributed by atoms with Crippen LogP contribution in [0.25, 0.3) is 0 Å². The van der Waals surface area contributed by atoms with Gasteiger partial charge in [0.05, 0.1) is 0 Å². The predicted octanol–water partition coefficient (Wildman–Crippen LogP) is 5.10. The van der Waals surface area contributed by atoms with Gasteiger partial charge >= 0.3 is 0 Å². The van der Waals surface area contributed by atoms with E-state index >= 15 is 0 Å². The monoisotopic (exact) mass is 338 g/mol. The van der Waals surface area contributed by atoms with Gasteiger partial charge in [0.2, 0.25) is 0 Å². The lowest BCUT2D eigenvalue weighted by atomic mass is 10.1. The number of aryl methyl sites for hydroxylation is 2. The predicted molar refractivity (Wildman–Crippen MR) is 95.4 cm³/mol. The highest BCUT2D eigenvalue weighted by atomic mass is 35.5. The lowest BCUT2D eigenvalue weighted by Gasteiger charge is -2.13. The molecule has 0 aliphatic heterocycles. The third-order valence-corrected chi connectivity index (χ3v) is 3.92. The van der Waals surface area contributed by atoms with Gasteiger partial charge in [-0.3, -0.25) is 0 Å². The molecule has 110 valence electrons. The standard InChI is InChI=1S/C16H16Cl2N2S/c1-10-3-6-15(11(2)7-10)20-16(21)19-9-12-4-5-13(17)8-14(12)18/h3-8H,9H2,1-2H3,(H2,19,20,21). The molecule has 2 N–H and O–H groups in total. The number of thiocarbonyl (C=S) groups is 1. The van der Waals surface area contributed by atoms with Crippen LogP contribution in [0.4, 0.5) is 5.69 Å². The van der Waals surface area contributed by atoms with Gasteiger partial charge in [0.15, 0.2) is 5.11 Å². The van der Waals surface area contributed by atoms with Crippen LogP contribution in [0.15, 0.2) is 36.4 Å². The van der Waals surface area contributed by atoms with Crippen LogP contribution >= 0.6 is 35.4 Å². The third-order valence-electron chi connectivity index (χ3n) is 3.08. The Bertz CT molecular complexity index is 671. The second-order valence-electron chi connectivity index (χ2n) is 4.86. The van der Waals surface area contributed by atoms with Crippen molar-refractivity contribution in [2.45, 2.75) is 20.4 Å². The fourth-order valence-corrected chi connectivity index (χ4v) is 2.62. The fourth-order valence-electron chi connectivity index (χ4n) is 1.96. The van der Waals surface area contributed by atoms with Crippen molar-refractivity contribution in [3.05, 3.63) is 63.1 Å². The minimum absolute atomic E-state index is 0.548. The Balaban J connectivity index is 1.96. The van der Waals surface area contributed by atoms with E-state index in [0.29, 0.717) is 21.7 Å². The molecule has 0 aromatic heterocycles. The molecule has 5 heteroatoms. The van der Waals surface area contributed by atoms with Gasteiger partial charge in [-0.1, -0.05) is 47.0 Å². The Hall–Kier alpha value is -1.29. The van der Waals surface area contributed by atoms with E-state index in [4.69, 9.17) is 35.4 Å². The van der Waals surface area contributed by atoms with Crippen molar-refractivity contribution in [1.29, 1.82) is 0 Å². The fraction of sp³-hybridized carbons (Fsp3) is 0.188. The molecule has 0 aliphatic carbocycles. The topological polar surface area (TPSA) is 24.1 Å². The summed E-state index contributed by atoms with van der Waals surface area (Å²) < 4.78 is 0. The molecule has 0 saturated carbocycles. The van der Waals surface area contributed by atoms with Crippen LogP contribution in [0.5, 0.6) is 0 Å². The zero-order chi connectivity index (χ0) is 15.4. The first-order valence-electron chi connectivity index (χ1n) is 6.52. The minimum atomic E-state index is 0.548. The Morgan fingerprint density at radius 1 is 1.10 bits per heavy atom. The van der Waals surface area contributed by atoms with E-state index in [2.05, 4.69) is 23.6 Å². The Kier molecular flexibility index (Phi) is 5.45. The van der Waals surface area contributed by atoms with Crippen LogP contribution in [0.1, 0.15) is 16.7 Å². The summed E-state index contributed by atoms with van der Waals surface area (Å²) in [4.78, 5) is 0. The highest BCUT2D eigenvalue weighted by Crippen LogP contribution is 2.21. The van der Waals surface area contributed by atoms with Gasteiger partial charge in [-0.2, -0.15) is 0 Å². The molecule has 0 atom stereocenters. The molecule has 0 spiro atoms. The summed E-state index contributed by atoms with van der Waals surface area (Å²) in [6.07, 6.45) is 0.